The Morgan fingerprint density at radius 1 is 1.38 bits per heavy atom. The van der Waals surface area contributed by atoms with Crippen molar-refractivity contribution in [1.82, 2.24) is 0 Å². The molecule has 0 saturated carbocycles. The van der Waals surface area contributed by atoms with Crippen molar-refractivity contribution in [1.29, 1.82) is 0 Å². The molecule has 0 radical (unpaired) electrons. The average molecular weight is 343 g/mol. The molecule has 1 N–H and O–H groups in total. The molecule has 0 atom stereocenters. The van der Waals surface area contributed by atoms with E-state index in [0.717, 1.165) is 21.0 Å². The molecule has 6 heteroatoms. The second kappa shape index (κ2) is 6.41. The third-order valence-electron chi connectivity index (χ3n) is 3.70. The van der Waals surface area contributed by atoms with Crippen molar-refractivity contribution in [2.24, 2.45) is 0 Å². The van der Waals surface area contributed by atoms with E-state index in [9.17, 15) is 9.90 Å². The van der Waals surface area contributed by atoms with E-state index in [-0.39, 0.29) is 11.3 Å². The molecule has 24 heavy (non-hydrogen) atoms. The molecular weight excluding hydrogens is 326 g/mol. The van der Waals surface area contributed by atoms with Crippen LogP contribution < -0.4 is 15.3 Å². The predicted octanol–water partition coefficient (Wildman–Crippen LogP) is 4.03. The average Bonchev–Trinajstić information content (AvgIpc) is 2.97. The van der Waals surface area contributed by atoms with Crippen LogP contribution in [0.4, 0.5) is 5.00 Å². The molecule has 0 aliphatic carbocycles. The molecule has 0 aliphatic heterocycles. The van der Waals surface area contributed by atoms with Crippen LogP contribution in [-0.2, 0) is 6.54 Å². The largest absolute Gasteiger partial charge is 0.508 e. The number of para-hydroxylation sites is 1. The molecule has 3 rings (SSSR count). The van der Waals surface area contributed by atoms with Gasteiger partial charge in [-0.15, -0.1) is 11.3 Å². The Bertz CT molecular complexity index is 957. The first-order valence-electron chi connectivity index (χ1n) is 7.28. The molecule has 3 aromatic rings. The minimum atomic E-state index is -0.591. The van der Waals surface area contributed by atoms with Gasteiger partial charge in [0.25, 0.3) is 0 Å². The number of ether oxygens (including phenoxy) is 1. The predicted molar refractivity (Wildman–Crippen MR) is 97.1 cm³/mol. The molecule has 5 nitrogen and oxygen atoms in total. The van der Waals surface area contributed by atoms with Gasteiger partial charge in [-0.1, -0.05) is 24.8 Å². The number of rotatable bonds is 5. The van der Waals surface area contributed by atoms with Crippen molar-refractivity contribution in [3.8, 4) is 5.75 Å². The Labute approximate surface area is 143 Å². The summed E-state index contributed by atoms with van der Waals surface area (Å²) < 4.78 is 11.4. The van der Waals surface area contributed by atoms with E-state index in [1.807, 2.05) is 37.4 Å². The maximum Gasteiger partial charge on any atom is 0.347 e. The van der Waals surface area contributed by atoms with Gasteiger partial charge in [-0.3, -0.25) is 0 Å². The molecule has 0 bridgehead atoms. The molecule has 124 valence electrons. The molecule has 0 aliphatic rings. The maximum atomic E-state index is 11.8. The minimum absolute atomic E-state index is 0.0864. The number of aliphatic hydroxyl groups is 1. The lowest BCUT2D eigenvalue weighted by molar-refractivity contribution is 0.409. The molecule has 0 amide bonds. The van der Waals surface area contributed by atoms with E-state index in [1.165, 1.54) is 11.3 Å². The second-order valence-electron chi connectivity index (χ2n) is 5.38. The first kappa shape index (κ1) is 16.1. The van der Waals surface area contributed by atoms with Crippen LogP contribution in [-0.4, -0.2) is 19.3 Å². The van der Waals surface area contributed by atoms with Gasteiger partial charge in [0.15, 0.2) is 5.58 Å². The van der Waals surface area contributed by atoms with Crippen LogP contribution in [0, 0.1) is 0 Å². The zero-order valence-electron chi connectivity index (χ0n) is 13.4. The summed E-state index contributed by atoms with van der Waals surface area (Å²) in [5, 5.41) is 10.4. The first-order valence-corrected chi connectivity index (χ1v) is 8.10. The molecule has 1 aromatic carbocycles. The zero-order valence-corrected chi connectivity index (χ0v) is 14.2. The van der Waals surface area contributed by atoms with Gasteiger partial charge in [-0.2, -0.15) is 0 Å². The Balaban J connectivity index is 1.94. The van der Waals surface area contributed by atoms with Crippen molar-refractivity contribution in [3.05, 3.63) is 64.5 Å². The van der Waals surface area contributed by atoms with Gasteiger partial charge in [-0.25, -0.2) is 4.79 Å². The first-order chi connectivity index (χ1) is 11.5. The quantitative estimate of drug-likeness (QED) is 0.709. The van der Waals surface area contributed by atoms with Gasteiger partial charge < -0.3 is 19.2 Å². The lowest BCUT2D eigenvalue weighted by atomic mass is 10.2. The second-order valence-corrected chi connectivity index (χ2v) is 6.44. The number of thiophene rings is 1. The smallest absolute Gasteiger partial charge is 0.347 e. The summed E-state index contributed by atoms with van der Waals surface area (Å²) >= 11 is 1.48. The van der Waals surface area contributed by atoms with Crippen LogP contribution in [0.25, 0.3) is 16.0 Å². The topological polar surface area (TPSA) is 62.9 Å². The number of hydrogen-bond acceptors (Lipinski definition) is 6. The Morgan fingerprint density at radius 3 is 2.83 bits per heavy atom. The van der Waals surface area contributed by atoms with E-state index < -0.39 is 5.63 Å². The van der Waals surface area contributed by atoms with Crippen molar-refractivity contribution < 1.29 is 14.3 Å². The van der Waals surface area contributed by atoms with Gasteiger partial charge in [0, 0.05) is 25.2 Å². The highest BCUT2D eigenvalue weighted by Gasteiger charge is 2.14. The normalized spacial score (nSPS) is 10.8. The van der Waals surface area contributed by atoms with Crippen LogP contribution in [0.1, 0.15) is 11.1 Å². The fourth-order valence-corrected chi connectivity index (χ4v) is 3.45. The molecular formula is C18H17NO4S. The molecule has 0 fully saturated rings. The van der Waals surface area contributed by atoms with Crippen molar-refractivity contribution in [3.63, 3.8) is 0 Å². The molecule has 0 spiro atoms. The number of hydrogen-bond donors (Lipinski definition) is 1. The summed E-state index contributed by atoms with van der Waals surface area (Å²) in [6.45, 7) is 4.04. The fourth-order valence-electron chi connectivity index (χ4n) is 2.46. The zero-order chi connectivity index (χ0) is 17.3. The van der Waals surface area contributed by atoms with Gasteiger partial charge in [0.2, 0.25) is 0 Å². The third-order valence-corrected chi connectivity index (χ3v) is 4.87. The standard InChI is InChI=1S/C18H17NO4S/c1-11(20)13-8-16-15(23-18(13)21)9-17(24-16)19(2)10-12-6-4-5-7-14(12)22-3/h4-9,20H,1,10H2,2-3H3. The summed E-state index contributed by atoms with van der Waals surface area (Å²) in [5.74, 6) is 0.541. The fraction of sp³-hybridized carbons (Fsp3) is 0.167. The van der Waals surface area contributed by atoms with Crippen LogP contribution in [0.3, 0.4) is 0 Å². The van der Waals surface area contributed by atoms with Crippen LogP contribution in [0.5, 0.6) is 5.75 Å². The molecule has 0 saturated heterocycles. The number of methoxy groups -OCH3 is 1. The summed E-state index contributed by atoms with van der Waals surface area (Å²) in [4.78, 5) is 13.9. The Morgan fingerprint density at radius 2 is 2.12 bits per heavy atom. The summed E-state index contributed by atoms with van der Waals surface area (Å²) in [5.41, 5.74) is 1.05. The number of benzene rings is 1. The number of nitrogens with zero attached hydrogens (tertiary/aromatic N) is 1. The summed E-state index contributed by atoms with van der Waals surface area (Å²) in [6.07, 6.45) is 0. The lowest BCUT2D eigenvalue weighted by Crippen LogP contribution is -2.15. The number of anilines is 1. The maximum absolute atomic E-state index is 11.8. The third kappa shape index (κ3) is 3.00. The van der Waals surface area contributed by atoms with Crippen LogP contribution in [0.2, 0.25) is 0 Å². The van der Waals surface area contributed by atoms with E-state index in [0.29, 0.717) is 12.1 Å². The van der Waals surface area contributed by atoms with Crippen molar-refractivity contribution in [2.75, 3.05) is 19.1 Å². The highest BCUT2D eigenvalue weighted by molar-refractivity contribution is 7.22. The highest BCUT2D eigenvalue weighted by Crippen LogP contribution is 2.33. The highest BCUT2D eigenvalue weighted by atomic mass is 32.1. The van der Waals surface area contributed by atoms with E-state index in [1.54, 1.807) is 13.2 Å². The molecule has 0 unspecified atom stereocenters. The van der Waals surface area contributed by atoms with Crippen molar-refractivity contribution in [2.45, 2.75) is 6.54 Å². The summed E-state index contributed by atoms with van der Waals surface area (Å²) in [6, 6.07) is 11.3. The van der Waals surface area contributed by atoms with Crippen LogP contribution in [0.15, 0.2) is 52.2 Å². The molecule has 2 aromatic heterocycles. The van der Waals surface area contributed by atoms with E-state index in [2.05, 4.69) is 11.5 Å². The minimum Gasteiger partial charge on any atom is -0.508 e. The monoisotopic (exact) mass is 343 g/mol. The van der Waals surface area contributed by atoms with Gasteiger partial charge >= 0.3 is 5.63 Å². The number of aliphatic hydroxyl groups excluding tert-OH is 1. The van der Waals surface area contributed by atoms with Crippen LogP contribution >= 0.6 is 11.3 Å². The van der Waals surface area contributed by atoms with E-state index in [4.69, 9.17) is 9.15 Å². The Hall–Kier alpha value is -2.73. The van der Waals surface area contributed by atoms with Gasteiger partial charge in [-0.05, 0) is 12.1 Å². The number of fused-ring (bicyclic) bond motifs is 1. The molecule has 2 heterocycles. The van der Waals surface area contributed by atoms with Crippen molar-refractivity contribution >= 4 is 32.4 Å². The van der Waals surface area contributed by atoms with Gasteiger partial charge in [0.1, 0.15) is 17.1 Å². The summed E-state index contributed by atoms with van der Waals surface area (Å²) in [7, 11) is 3.61. The van der Waals surface area contributed by atoms with E-state index >= 15 is 0 Å². The van der Waals surface area contributed by atoms with Gasteiger partial charge in [0.05, 0.1) is 16.8 Å². The lowest BCUT2D eigenvalue weighted by Gasteiger charge is -2.18. The Kier molecular flexibility index (Phi) is 4.31. The SMILES string of the molecule is C=C(O)c1cc2sc(N(C)Cc3ccccc3OC)cc2oc1=O.